The van der Waals surface area contributed by atoms with Crippen LogP contribution in [-0.4, -0.2) is 16.6 Å². The van der Waals surface area contributed by atoms with Crippen molar-refractivity contribution >= 4 is 44.9 Å². The zero-order valence-electron chi connectivity index (χ0n) is 12.0. The van der Waals surface area contributed by atoms with Gasteiger partial charge in [-0.3, -0.25) is 4.79 Å². The number of aromatic nitrogens is 1. The standard InChI is InChI=1S/C17H16N2OS2/c20-16(19-17-8-11-4-3-7-14(11)22-17)10-21-15-9-18-13-6-2-1-5-12(13)15/h1-2,5-6,8-9,18H,3-4,7,10H2,(H,19,20). The van der Waals surface area contributed by atoms with Crippen molar-refractivity contribution < 1.29 is 4.79 Å². The molecule has 112 valence electrons. The Kier molecular flexibility index (Phi) is 3.68. The summed E-state index contributed by atoms with van der Waals surface area (Å²) in [5.41, 5.74) is 2.53. The predicted octanol–water partition coefficient (Wildman–Crippen LogP) is 4.45. The smallest absolute Gasteiger partial charge is 0.235 e. The van der Waals surface area contributed by atoms with E-state index in [4.69, 9.17) is 0 Å². The first-order valence-electron chi connectivity index (χ1n) is 7.40. The molecular weight excluding hydrogens is 312 g/mol. The Morgan fingerprint density at radius 3 is 3.14 bits per heavy atom. The van der Waals surface area contributed by atoms with Gasteiger partial charge in [-0.2, -0.15) is 0 Å². The van der Waals surface area contributed by atoms with Crippen molar-refractivity contribution in [2.45, 2.75) is 24.2 Å². The number of thiophene rings is 1. The fraction of sp³-hybridized carbons (Fsp3) is 0.235. The van der Waals surface area contributed by atoms with E-state index >= 15 is 0 Å². The van der Waals surface area contributed by atoms with Crippen LogP contribution < -0.4 is 5.32 Å². The van der Waals surface area contributed by atoms with Crippen LogP contribution in [0.2, 0.25) is 0 Å². The molecular formula is C17H16N2OS2. The molecule has 0 bridgehead atoms. The minimum Gasteiger partial charge on any atom is -0.360 e. The van der Waals surface area contributed by atoms with Gasteiger partial charge >= 0.3 is 0 Å². The molecule has 1 amide bonds. The van der Waals surface area contributed by atoms with Crippen LogP contribution in [0.5, 0.6) is 0 Å². The average molecular weight is 328 g/mol. The number of benzene rings is 1. The summed E-state index contributed by atoms with van der Waals surface area (Å²) >= 11 is 3.30. The number of rotatable bonds is 4. The van der Waals surface area contributed by atoms with Crippen LogP contribution in [0.1, 0.15) is 16.9 Å². The first kappa shape index (κ1) is 13.9. The topological polar surface area (TPSA) is 44.9 Å². The second-order valence-electron chi connectivity index (χ2n) is 5.45. The summed E-state index contributed by atoms with van der Waals surface area (Å²) in [6, 6.07) is 10.3. The molecule has 0 saturated carbocycles. The molecule has 5 heteroatoms. The molecule has 1 aliphatic carbocycles. The van der Waals surface area contributed by atoms with Crippen molar-refractivity contribution in [1.82, 2.24) is 4.98 Å². The summed E-state index contributed by atoms with van der Waals surface area (Å²) in [6.45, 7) is 0. The number of carbonyl (C=O) groups excluding carboxylic acids is 1. The number of hydrogen-bond acceptors (Lipinski definition) is 3. The van der Waals surface area contributed by atoms with E-state index in [9.17, 15) is 4.79 Å². The summed E-state index contributed by atoms with van der Waals surface area (Å²) in [6.07, 6.45) is 5.56. The number of amides is 1. The summed E-state index contributed by atoms with van der Waals surface area (Å²) in [5, 5.41) is 5.20. The van der Waals surface area contributed by atoms with Crippen molar-refractivity contribution in [3.63, 3.8) is 0 Å². The van der Waals surface area contributed by atoms with E-state index < -0.39 is 0 Å². The molecule has 1 aromatic carbocycles. The van der Waals surface area contributed by atoms with Crippen LogP contribution in [0.3, 0.4) is 0 Å². The highest BCUT2D eigenvalue weighted by Crippen LogP contribution is 2.34. The SMILES string of the molecule is O=C(CSc1c[nH]c2ccccc12)Nc1cc2c(s1)CCC2. The Hall–Kier alpha value is -1.72. The third-order valence-corrected chi connectivity index (χ3v) is 6.13. The molecule has 0 aliphatic heterocycles. The second-order valence-corrected chi connectivity index (χ2v) is 7.60. The lowest BCUT2D eigenvalue weighted by atomic mass is 10.2. The molecule has 0 saturated heterocycles. The number of hydrogen-bond donors (Lipinski definition) is 2. The quantitative estimate of drug-likeness (QED) is 0.695. The maximum atomic E-state index is 12.1. The van der Waals surface area contributed by atoms with Crippen molar-refractivity contribution in [3.05, 3.63) is 47.0 Å². The number of carbonyl (C=O) groups is 1. The van der Waals surface area contributed by atoms with E-state index in [1.807, 2.05) is 24.4 Å². The maximum absolute atomic E-state index is 12.1. The fourth-order valence-electron chi connectivity index (χ4n) is 2.87. The van der Waals surface area contributed by atoms with Gasteiger partial charge < -0.3 is 10.3 Å². The minimum atomic E-state index is 0.0650. The lowest BCUT2D eigenvalue weighted by Gasteiger charge is -2.02. The highest BCUT2D eigenvalue weighted by Gasteiger charge is 2.16. The largest absolute Gasteiger partial charge is 0.360 e. The van der Waals surface area contributed by atoms with Gasteiger partial charge in [0.15, 0.2) is 0 Å². The van der Waals surface area contributed by atoms with Crippen LogP contribution in [0.15, 0.2) is 41.4 Å². The molecule has 3 aromatic rings. The zero-order valence-corrected chi connectivity index (χ0v) is 13.7. The molecule has 0 fully saturated rings. The fourth-order valence-corrected chi connectivity index (χ4v) is 4.88. The van der Waals surface area contributed by atoms with Gasteiger partial charge in [-0.25, -0.2) is 0 Å². The third-order valence-electron chi connectivity index (χ3n) is 3.92. The Bertz CT molecular complexity index is 813. The lowest BCUT2D eigenvalue weighted by Crippen LogP contribution is -2.12. The van der Waals surface area contributed by atoms with Crippen LogP contribution in [0.25, 0.3) is 10.9 Å². The molecule has 2 N–H and O–H groups in total. The first-order valence-corrected chi connectivity index (χ1v) is 9.20. The van der Waals surface area contributed by atoms with Crippen LogP contribution >= 0.6 is 23.1 Å². The highest BCUT2D eigenvalue weighted by molar-refractivity contribution is 8.00. The number of aryl methyl sites for hydroxylation is 2. The van der Waals surface area contributed by atoms with Crippen molar-refractivity contribution in [3.8, 4) is 0 Å². The number of thioether (sulfide) groups is 1. The summed E-state index contributed by atoms with van der Waals surface area (Å²) in [5.74, 6) is 0.500. The monoisotopic (exact) mass is 328 g/mol. The molecule has 22 heavy (non-hydrogen) atoms. The number of H-pyrrole nitrogens is 1. The first-order chi connectivity index (χ1) is 10.8. The number of aromatic amines is 1. The second kappa shape index (κ2) is 5.82. The summed E-state index contributed by atoms with van der Waals surface area (Å²) < 4.78 is 0. The molecule has 0 atom stereocenters. The van der Waals surface area contributed by atoms with E-state index in [1.54, 1.807) is 23.1 Å². The third kappa shape index (κ3) is 2.66. The molecule has 2 aromatic heterocycles. The molecule has 0 unspecified atom stereocenters. The van der Waals surface area contributed by atoms with Gasteiger partial charge in [0.2, 0.25) is 5.91 Å². The van der Waals surface area contributed by atoms with Crippen molar-refractivity contribution in [1.29, 1.82) is 0 Å². The average Bonchev–Trinajstić information content (AvgIpc) is 3.19. The van der Waals surface area contributed by atoms with Crippen LogP contribution in [0, 0.1) is 0 Å². The number of para-hydroxylation sites is 1. The maximum Gasteiger partial charge on any atom is 0.235 e. The van der Waals surface area contributed by atoms with Crippen molar-refractivity contribution in [2.75, 3.05) is 11.1 Å². The molecule has 0 spiro atoms. The van der Waals surface area contributed by atoms with E-state index in [2.05, 4.69) is 22.4 Å². The van der Waals surface area contributed by atoms with Gasteiger partial charge in [-0.15, -0.1) is 23.1 Å². The van der Waals surface area contributed by atoms with Crippen LogP contribution in [-0.2, 0) is 17.6 Å². The van der Waals surface area contributed by atoms with Gasteiger partial charge in [0, 0.05) is 26.9 Å². The van der Waals surface area contributed by atoms with Crippen LogP contribution in [0.4, 0.5) is 5.00 Å². The Balaban J connectivity index is 1.39. The number of nitrogens with one attached hydrogen (secondary N) is 2. The molecule has 2 heterocycles. The predicted molar refractivity (Wildman–Crippen MR) is 94.0 cm³/mol. The molecule has 4 rings (SSSR count). The van der Waals surface area contributed by atoms with E-state index in [0.29, 0.717) is 5.75 Å². The van der Waals surface area contributed by atoms with Gasteiger partial charge in [-0.05, 0) is 37.0 Å². The van der Waals surface area contributed by atoms with Crippen molar-refractivity contribution in [2.24, 2.45) is 0 Å². The lowest BCUT2D eigenvalue weighted by molar-refractivity contribution is -0.113. The summed E-state index contributed by atoms with van der Waals surface area (Å²) in [4.78, 5) is 17.9. The molecule has 0 radical (unpaired) electrons. The van der Waals surface area contributed by atoms with Gasteiger partial charge in [0.05, 0.1) is 10.8 Å². The number of anilines is 1. The summed E-state index contributed by atoms with van der Waals surface area (Å²) in [7, 11) is 0. The number of fused-ring (bicyclic) bond motifs is 2. The Morgan fingerprint density at radius 1 is 1.32 bits per heavy atom. The van der Waals surface area contributed by atoms with E-state index in [0.717, 1.165) is 21.8 Å². The van der Waals surface area contributed by atoms with Gasteiger partial charge in [-0.1, -0.05) is 18.2 Å². The molecule has 1 aliphatic rings. The van der Waals surface area contributed by atoms with E-state index in [-0.39, 0.29) is 5.91 Å². The van der Waals surface area contributed by atoms with Gasteiger partial charge in [0.1, 0.15) is 0 Å². The van der Waals surface area contributed by atoms with Gasteiger partial charge in [0.25, 0.3) is 0 Å². The minimum absolute atomic E-state index is 0.0650. The highest BCUT2D eigenvalue weighted by atomic mass is 32.2. The van der Waals surface area contributed by atoms with E-state index in [1.165, 1.54) is 28.7 Å². The normalized spacial score (nSPS) is 13.5. The zero-order chi connectivity index (χ0) is 14.9. The Morgan fingerprint density at radius 2 is 2.23 bits per heavy atom. The Labute approximate surface area is 137 Å². The molecule has 3 nitrogen and oxygen atoms in total.